The number of aromatic amines is 1. The van der Waals surface area contributed by atoms with Gasteiger partial charge in [0.15, 0.2) is 5.69 Å². The van der Waals surface area contributed by atoms with E-state index in [1.165, 1.54) is 9.47 Å². The number of anilines is 2. The Balaban J connectivity index is 1.78. The Kier molecular flexibility index (Phi) is 6.50. The topological polar surface area (TPSA) is 101 Å². The fourth-order valence-corrected chi connectivity index (χ4v) is 3.69. The summed E-state index contributed by atoms with van der Waals surface area (Å²) >= 11 is 0. The summed E-state index contributed by atoms with van der Waals surface area (Å²) < 4.78 is 1.28. The van der Waals surface area contributed by atoms with Crippen molar-refractivity contribution in [3.8, 4) is 0 Å². The van der Waals surface area contributed by atoms with Gasteiger partial charge in [0.05, 0.1) is 19.5 Å². The van der Waals surface area contributed by atoms with Crippen molar-refractivity contribution in [2.24, 2.45) is 0 Å². The van der Waals surface area contributed by atoms with Crippen molar-refractivity contribution < 1.29 is 4.79 Å². The van der Waals surface area contributed by atoms with Gasteiger partial charge in [-0.1, -0.05) is 91.0 Å². The van der Waals surface area contributed by atoms with Crippen molar-refractivity contribution in [1.82, 2.24) is 9.55 Å². The molecule has 1 aromatic heterocycles. The van der Waals surface area contributed by atoms with E-state index in [0.717, 1.165) is 16.7 Å². The molecule has 0 fully saturated rings. The molecule has 33 heavy (non-hydrogen) atoms. The fourth-order valence-electron chi connectivity index (χ4n) is 3.69. The summed E-state index contributed by atoms with van der Waals surface area (Å²) in [7, 11) is 0. The van der Waals surface area contributed by atoms with Crippen LogP contribution in [-0.2, 0) is 24.3 Å². The third kappa shape index (κ3) is 5.10. The zero-order valence-corrected chi connectivity index (χ0v) is 18.0. The Morgan fingerprint density at radius 1 is 0.788 bits per heavy atom. The Morgan fingerprint density at radius 2 is 1.30 bits per heavy atom. The molecule has 0 saturated heterocycles. The second-order valence-corrected chi connectivity index (χ2v) is 7.69. The molecule has 0 radical (unpaired) electrons. The highest BCUT2D eigenvalue weighted by molar-refractivity contribution is 5.96. The summed E-state index contributed by atoms with van der Waals surface area (Å²) in [5, 5.41) is 0. The first kappa shape index (κ1) is 21.8. The highest BCUT2D eigenvalue weighted by atomic mass is 16.2. The monoisotopic (exact) mass is 440 g/mol. The van der Waals surface area contributed by atoms with E-state index in [2.05, 4.69) is 4.98 Å². The van der Waals surface area contributed by atoms with Crippen LogP contribution in [0.4, 0.5) is 11.5 Å². The van der Waals surface area contributed by atoms with Crippen LogP contribution in [0, 0.1) is 0 Å². The number of benzene rings is 3. The molecule has 166 valence electrons. The Morgan fingerprint density at radius 3 is 1.88 bits per heavy atom. The molecule has 0 aliphatic carbocycles. The van der Waals surface area contributed by atoms with Gasteiger partial charge in [-0.3, -0.25) is 24.0 Å². The summed E-state index contributed by atoms with van der Waals surface area (Å²) in [6.07, 6.45) is 0.0877. The largest absolute Gasteiger partial charge is 0.383 e. The number of aromatic nitrogens is 2. The van der Waals surface area contributed by atoms with Gasteiger partial charge in [0.25, 0.3) is 5.56 Å². The predicted molar refractivity (Wildman–Crippen MR) is 129 cm³/mol. The van der Waals surface area contributed by atoms with Crippen molar-refractivity contribution >= 4 is 17.4 Å². The molecule has 1 amide bonds. The molecule has 0 aliphatic rings. The van der Waals surface area contributed by atoms with Gasteiger partial charge in [0.1, 0.15) is 5.82 Å². The van der Waals surface area contributed by atoms with Crippen molar-refractivity contribution in [1.29, 1.82) is 0 Å². The van der Waals surface area contributed by atoms with Gasteiger partial charge in [-0.05, 0) is 16.7 Å². The van der Waals surface area contributed by atoms with Crippen LogP contribution in [0.3, 0.4) is 0 Å². The lowest BCUT2D eigenvalue weighted by molar-refractivity contribution is -0.118. The molecule has 7 heteroatoms. The maximum absolute atomic E-state index is 13.4. The van der Waals surface area contributed by atoms with Gasteiger partial charge in [0.2, 0.25) is 5.91 Å². The van der Waals surface area contributed by atoms with E-state index >= 15 is 0 Å². The molecule has 0 spiro atoms. The number of nitrogen functional groups attached to an aromatic ring is 1. The minimum absolute atomic E-state index is 0.0321. The van der Waals surface area contributed by atoms with Crippen LogP contribution in [0.5, 0.6) is 0 Å². The molecule has 4 aromatic rings. The summed E-state index contributed by atoms with van der Waals surface area (Å²) in [5.74, 6) is -0.350. The number of hydrogen-bond donors (Lipinski definition) is 2. The van der Waals surface area contributed by atoms with Crippen LogP contribution < -0.4 is 21.9 Å². The lowest BCUT2D eigenvalue weighted by Gasteiger charge is -2.25. The summed E-state index contributed by atoms with van der Waals surface area (Å²) in [5.41, 5.74) is 7.50. The second-order valence-electron chi connectivity index (χ2n) is 7.69. The van der Waals surface area contributed by atoms with Crippen LogP contribution in [0.1, 0.15) is 16.7 Å². The molecule has 3 aromatic carbocycles. The highest BCUT2D eigenvalue weighted by Crippen LogP contribution is 2.21. The highest BCUT2D eigenvalue weighted by Gasteiger charge is 2.24. The first-order valence-corrected chi connectivity index (χ1v) is 10.6. The van der Waals surface area contributed by atoms with E-state index in [-0.39, 0.29) is 36.9 Å². The molecular formula is C26H24N4O3. The molecule has 0 atom stereocenters. The van der Waals surface area contributed by atoms with Gasteiger partial charge >= 0.3 is 5.69 Å². The van der Waals surface area contributed by atoms with Crippen LogP contribution in [0.2, 0.25) is 0 Å². The minimum Gasteiger partial charge on any atom is -0.383 e. The molecule has 1 heterocycles. The van der Waals surface area contributed by atoms with E-state index < -0.39 is 11.2 Å². The molecule has 4 rings (SSSR count). The Labute approximate surface area is 190 Å². The van der Waals surface area contributed by atoms with Gasteiger partial charge in [-0.25, -0.2) is 4.79 Å². The Hall–Kier alpha value is -4.39. The molecule has 0 bridgehead atoms. The van der Waals surface area contributed by atoms with Gasteiger partial charge in [-0.15, -0.1) is 0 Å². The lowest BCUT2D eigenvalue weighted by atomic mass is 10.1. The average molecular weight is 441 g/mol. The smallest absolute Gasteiger partial charge is 0.330 e. The normalized spacial score (nSPS) is 10.7. The molecule has 0 aliphatic heterocycles. The van der Waals surface area contributed by atoms with E-state index in [0.29, 0.717) is 0 Å². The summed E-state index contributed by atoms with van der Waals surface area (Å²) in [4.78, 5) is 42.6. The zero-order valence-electron chi connectivity index (χ0n) is 18.0. The van der Waals surface area contributed by atoms with E-state index in [1.807, 2.05) is 91.0 Å². The van der Waals surface area contributed by atoms with Crippen LogP contribution >= 0.6 is 0 Å². The predicted octanol–water partition coefficient (Wildman–Crippen LogP) is 2.94. The van der Waals surface area contributed by atoms with Crippen LogP contribution in [0.15, 0.2) is 101 Å². The average Bonchev–Trinajstić information content (AvgIpc) is 2.83. The van der Waals surface area contributed by atoms with Gasteiger partial charge in [-0.2, -0.15) is 0 Å². The molecule has 0 unspecified atom stereocenters. The third-order valence-electron chi connectivity index (χ3n) is 5.35. The number of hydrogen-bond acceptors (Lipinski definition) is 4. The van der Waals surface area contributed by atoms with Gasteiger partial charge in [0, 0.05) is 0 Å². The number of rotatable bonds is 7. The van der Waals surface area contributed by atoms with E-state index in [1.54, 1.807) is 0 Å². The van der Waals surface area contributed by atoms with Crippen LogP contribution in [-0.4, -0.2) is 15.5 Å². The lowest BCUT2D eigenvalue weighted by Crippen LogP contribution is -2.41. The fraction of sp³-hybridized carbons (Fsp3) is 0.115. The number of carbonyl (C=O) groups is 1. The van der Waals surface area contributed by atoms with Crippen LogP contribution in [0.25, 0.3) is 0 Å². The quantitative estimate of drug-likeness (QED) is 0.461. The zero-order chi connectivity index (χ0) is 23.2. The molecule has 7 nitrogen and oxygen atoms in total. The molecule has 3 N–H and O–H groups in total. The van der Waals surface area contributed by atoms with Crippen molar-refractivity contribution in [3.63, 3.8) is 0 Å². The number of H-pyrrole nitrogens is 1. The number of nitrogens with two attached hydrogens (primary N) is 1. The standard InChI is InChI=1S/C26H24N4O3/c27-24-23(25(32)28-26(33)30(24)18-21-14-8-3-9-15-21)29(17-20-12-6-2-7-13-20)22(31)16-19-10-4-1-5-11-19/h1-15H,16-18,27H2,(H,28,32,33). The van der Waals surface area contributed by atoms with E-state index in [9.17, 15) is 14.4 Å². The second kappa shape index (κ2) is 9.82. The third-order valence-corrected chi connectivity index (χ3v) is 5.35. The van der Waals surface area contributed by atoms with Crippen molar-refractivity contribution in [2.45, 2.75) is 19.5 Å². The maximum atomic E-state index is 13.4. The summed E-state index contributed by atoms with van der Waals surface area (Å²) in [6.45, 7) is 0.310. The molecule has 0 saturated carbocycles. The van der Waals surface area contributed by atoms with Crippen molar-refractivity contribution in [2.75, 3.05) is 10.6 Å². The first-order chi connectivity index (χ1) is 16.0. The summed E-state index contributed by atoms with van der Waals surface area (Å²) in [6, 6.07) is 27.9. The number of carbonyl (C=O) groups excluding carboxylic acids is 1. The molecular weight excluding hydrogens is 416 g/mol. The number of nitrogens with zero attached hydrogens (tertiary/aromatic N) is 2. The first-order valence-electron chi connectivity index (χ1n) is 10.6. The number of amides is 1. The Bertz CT molecular complexity index is 1350. The SMILES string of the molecule is Nc1c(N(Cc2ccccc2)C(=O)Cc2ccccc2)c(=O)[nH]c(=O)n1Cc1ccccc1. The van der Waals surface area contributed by atoms with Gasteiger partial charge < -0.3 is 5.73 Å². The minimum atomic E-state index is -0.695. The van der Waals surface area contributed by atoms with E-state index in [4.69, 9.17) is 5.73 Å². The maximum Gasteiger partial charge on any atom is 0.330 e. The van der Waals surface area contributed by atoms with Crippen molar-refractivity contribution in [3.05, 3.63) is 129 Å². The number of nitrogens with one attached hydrogen (secondary N) is 1.